The molecule has 1 saturated carbocycles. The minimum absolute atomic E-state index is 0.000873. The van der Waals surface area contributed by atoms with E-state index < -0.39 is 10.0 Å². The van der Waals surface area contributed by atoms with E-state index in [2.05, 4.69) is 35.7 Å². The van der Waals surface area contributed by atoms with Gasteiger partial charge in [0.1, 0.15) is 6.04 Å². The van der Waals surface area contributed by atoms with Gasteiger partial charge in [-0.25, -0.2) is 13.1 Å². The SMILES string of the molecule is CC(C)(C)CCN1C[C@@H]2C[C@H](NS(C)(=O)=O)CN2C(=O)[C@@H]1CNC(=O)C1CC1. The molecule has 3 atom stereocenters. The summed E-state index contributed by atoms with van der Waals surface area (Å²) in [6.45, 7) is 8.76. The number of hydrogen-bond donors (Lipinski definition) is 2. The van der Waals surface area contributed by atoms with Crippen molar-refractivity contribution in [1.29, 1.82) is 0 Å². The molecule has 2 N–H and O–H groups in total. The van der Waals surface area contributed by atoms with Crippen molar-refractivity contribution in [1.82, 2.24) is 19.8 Å². The van der Waals surface area contributed by atoms with Gasteiger partial charge in [0.2, 0.25) is 21.8 Å². The monoisotopic (exact) mass is 414 g/mol. The molecule has 3 fully saturated rings. The van der Waals surface area contributed by atoms with Crippen LogP contribution in [0.5, 0.6) is 0 Å². The molecule has 0 bridgehead atoms. The Hall–Kier alpha value is -1.19. The second kappa shape index (κ2) is 7.91. The van der Waals surface area contributed by atoms with Crippen LogP contribution in [0.4, 0.5) is 0 Å². The minimum atomic E-state index is -3.31. The number of fused-ring (bicyclic) bond motifs is 1. The fourth-order valence-electron chi connectivity index (χ4n) is 4.12. The van der Waals surface area contributed by atoms with Crippen molar-refractivity contribution < 1.29 is 18.0 Å². The van der Waals surface area contributed by atoms with Crippen molar-refractivity contribution in [2.75, 3.05) is 32.4 Å². The number of carbonyl (C=O) groups is 2. The van der Waals surface area contributed by atoms with E-state index >= 15 is 0 Å². The summed E-state index contributed by atoms with van der Waals surface area (Å²) in [4.78, 5) is 29.3. The molecule has 2 aliphatic heterocycles. The molecule has 0 radical (unpaired) electrons. The van der Waals surface area contributed by atoms with E-state index in [1.807, 2.05) is 4.90 Å². The average molecular weight is 415 g/mol. The summed E-state index contributed by atoms with van der Waals surface area (Å²) >= 11 is 0. The molecule has 2 saturated heterocycles. The van der Waals surface area contributed by atoms with Gasteiger partial charge in [-0.15, -0.1) is 0 Å². The summed E-state index contributed by atoms with van der Waals surface area (Å²) in [5.74, 6) is 0.160. The maximum atomic E-state index is 13.2. The Kier molecular flexibility index (Phi) is 6.08. The third-order valence-electron chi connectivity index (χ3n) is 5.82. The topological polar surface area (TPSA) is 98.8 Å². The van der Waals surface area contributed by atoms with Gasteiger partial charge in [0.05, 0.1) is 6.26 Å². The zero-order valence-electron chi connectivity index (χ0n) is 17.4. The first-order valence-electron chi connectivity index (χ1n) is 10.2. The van der Waals surface area contributed by atoms with Crippen molar-refractivity contribution in [2.24, 2.45) is 11.3 Å². The van der Waals surface area contributed by atoms with Gasteiger partial charge < -0.3 is 10.2 Å². The molecule has 3 aliphatic rings. The van der Waals surface area contributed by atoms with E-state index in [4.69, 9.17) is 0 Å². The molecule has 2 amide bonds. The van der Waals surface area contributed by atoms with Crippen LogP contribution in [-0.4, -0.2) is 80.6 Å². The number of rotatable bonds is 7. The van der Waals surface area contributed by atoms with Gasteiger partial charge in [0, 0.05) is 37.6 Å². The van der Waals surface area contributed by atoms with Crippen LogP contribution >= 0.6 is 0 Å². The van der Waals surface area contributed by atoms with Crippen LogP contribution < -0.4 is 10.0 Å². The van der Waals surface area contributed by atoms with Crippen LogP contribution in [0.1, 0.15) is 46.5 Å². The highest BCUT2D eigenvalue weighted by Crippen LogP contribution is 2.30. The van der Waals surface area contributed by atoms with Crippen molar-refractivity contribution in [3.63, 3.8) is 0 Å². The zero-order valence-corrected chi connectivity index (χ0v) is 18.2. The fourth-order valence-corrected chi connectivity index (χ4v) is 4.90. The summed E-state index contributed by atoms with van der Waals surface area (Å²) in [6.07, 6.45) is 4.60. The highest BCUT2D eigenvalue weighted by molar-refractivity contribution is 7.88. The molecule has 0 unspecified atom stereocenters. The normalized spacial score (nSPS) is 29.1. The molecular formula is C19H34N4O4S. The number of piperazine rings is 1. The summed E-state index contributed by atoms with van der Waals surface area (Å²) in [7, 11) is -3.31. The van der Waals surface area contributed by atoms with E-state index in [9.17, 15) is 18.0 Å². The molecule has 1 aliphatic carbocycles. The number of nitrogens with zero attached hydrogens (tertiary/aromatic N) is 2. The molecule has 0 aromatic rings. The number of hydrogen-bond acceptors (Lipinski definition) is 5. The Morgan fingerprint density at radius 3 is 2.46 bits per heavy atom. The van der Waals surface area contributed by atoms with Gasteiger partial charge in [0.15, 0.2) is 0 Å². The number of amides is 2. The first-order chi connectivity index (χ1) is 12.9. The molecule has 9 heteroatoms. The van der Waals surface area contributed by atoms with Crippen molar-refractivity contribution in [3.8, 4) is 0 Å². The van der Waals surface area contributed by atoms with E-state index in [0.29, 0.717) is 26.1 Å². The first kappa shape index (κ1) is 21.5. The lowest BCUT2D eigenvalue weighted by atomic mass is 9.91. The second-order valence-electron chi connectivity index (χ2n) is 9.81. The lowest BCUT2D eigenvalue weighted by molar-refractivity contribution is -0.144. The molecule has 0 spiro atoms. The van der Waals surface area contributed by atoms with Crippen LogP contribution in [0, 0.1) is 11.3 Å². The van der Waals surface area contributed by atoms with Crippen LogP contribution in [0.3, 0.4) is 0 Å². The Morgan fingerprint density at radius 1 is 1.21 bits per heavy atom. The quantitative estimate of drug-likeness (QED) is 0.618. The van der Waals surface area contributed by atoms with Gasteiger partial charge >= 0.3 is 0 Å². The van der Waals surface area contributed by atoms with Gasteiger partial charge in [-0.1, -0.05) is 20.8 Å². The number of carbonyl (C=O) groups excluding carboxylic acids is 2. The van der Waals surface area contributed by atoms with Gasteiger partial charge in [-0.05, 0) is 37.6 Å². The molecule has 0 aromatic carbocycles. The van der Waals surface area contributed by atoms with Crippen LogP contribution in [0.2, 0.25) is 0 Å². The third-order valence-corrected chi connectivity index (χ3v) is 6.58. The number of nitrogens with one attached hydrogen (secondary N) is 2. The largest absolute Gasteiger partial charge is 0.354 e. The Bertz CT molecular complexity index is 714. The van der Waals surface area contributed by atoms with E-state index in [-0.39, 0.29) is 41.3 Å². The van der Waals surface area contributed by atoms with Gasteiger partial charge in [-0.3, -0.25) is 14.5 Å². The van der Waals surface area contributed by atoms with Crippen LogP contribution in [-0.2, 0) is 19.6 Å². The molecule has 2 heterocycles. The molecule has 0 aromatic heterocycles. The Morgan fingerprint density at radius 2 is 1.89 bits per heavy atom. The lowest BCUT2D eigenvalue weighted by Gasteiger charge is -2.43. The highest BCUT2D eigenvalue weighted by atomic mass is 32.2. The molecule has 28 heavy (non-hydrogen) atoms. The molecular weight excluding hydrogens is 380 g/mol. The average Bonchev–Trinajstić information content (AvgIpc) is 3.31. The minimum Gasteiger partial charge on any atom is -0.354 e. The predicted octanol–water partition coefficient (Wildman–Crippen LogP) is 0.152. The van der Waals surface area contributed by atoms with E-state index in [0.717, 1.165) is 32.1 Å². The van der Waals surface area contributed by atoms with Gasteiger partial charge in [0.25, 0.3) is 0 Å². The smallest absolute Gasteiger partial charge is 0.242 e. The van der Waals surface area contributed by atoms with E-state index in [1.165, 1.54) is 0 Å². The Balaban J connectivity index is 1.69. The zero-order chi connectivity index (χ0) is 20.7. The van der Waals surface area contributed by atoms with Crippen molar-refractivity contribution >= 4 is 21.8 Å². The summed E-state index contributed by atoms with van der Waals surface area (Å²) in [5, 5.41) is 2.96. The van der Waals surface area contributed by atoms with Crippen LogP contribution in [0.15, 0.2) is 0 Å². The van der Waals surface area contributed by atoms with Crippen LogP contribution in [0.25, 0.3) is 0 Å². The first-order valence-corrected chi connectivity index (χ1v) is 12.1. The third kappa shape index (κ3) is 5.67. The van der Waals surface area contributed by atoms with Crippen molar-refractivity contribution in [2.45, 2.75) is 64.6 Å². The fraction of sp³-hybridized carbons (Fsp3) is 0.895. The lowest BCUT2D eigenvalue weighted by Crippen LogP contribution is -2.63. The highest BCUT2D eigenvalue weighted by Gasteiger charge is 2.46. The predicted molar refractivity (Wildman–Crippen MR) is 107 cm³/mol. The summed E-state index contributed by atoms with van der Waals surface area (Å²) < 4.78 is 25.8. The molecule has 8 nitrogen and oxygen atoms in total. The Labute approximate surface area is 168 Å². The summed E-state index contributed by atoms with van der Waals surface area (Å²) in [5.41, 5.74) is 0.151. The maximum absolute atomic E-state index is 13.2. The molecule has 3 rings (SSSR count). The maximum Gasteiger partial charge on any atom is 0.242 e. The van der Waals surface area contributed by atoms with Crippen molar-refractivity contribution in [3.05, 3.63) is 0 Å². The molecule has 160 valence electrons. The van der Waals surface area contributed by atoms with Gasteiger partial charge in [-0.2, -0.15) is 0 Å². The summed E-state index contributed by atoms with van der Waals surface area (Å²) in [6, 6.07) is -0.603. The number of sulfonamides is 1. The second-order valence-corrected chi connectivity index (χ2v) is 11.6. The standard InChI is InChI=1S/C19H34N4O4S/c1-19(2,3)7-8-22-12-15-9-14(21-28(4,26)27)11-23(15)18(25)16(22)10-20-17(24)13-5-6-13/h13-16,21H,5-12H2,1-4H3,(H,20,24)/t14-,15-,16-/m0/s1. The van der Waals surface area contributed by atoms with E-state index in [1.54, 1.807) is 0 Å².